The molecule has 0 fully saturated rings. The van der Waals surface area contributed by atoms with Gasteiger partial charge in [0.25, 0.3) is 0 Å². The van der Waals surface area contributed by atoms with Gasteiger partial charge < -0.3 is 9.84 Å². The molecule has 0 aromatic heterocycles. The molecule has 0 radical (unpaired) electrons. The number of hydrogen-bond acceptors (Lipinski definition) is 2. The first-order valence-electron chi connectivity index (χ1n) is 6.64. The van der Waals surface area contributed by atoms with E-state index in [0.29, 0.717) is 5.92 Å². The molecular formula is C15H22O2. The SMILES string of the molecule is CCC(C)COc1ccc2c(c1)[C@@H](O)CCC2. The van der Waals surface area contributed by atoms with Gasteiger partial charge in [-0.3, -0.25) is 0 Å². The standard InChI is InChI=1S/C15H22O2/c1-3-11(2)10-17-13-8-7-12-5-4-6-15(16)14(12)9-13/h7-9,11,15-16H,3-6,10H2,1-2H3/t11?,15-/m0/s1. The van der Waals surface area contributed by atoms with Gasteiger partial charge in [-0.25, -0.2) is 0 Å². The highest BCUT2D eigenvalue weighted by Gasteiger charge is 2.18. The molecule has 2 heteroatoms. The molecule has 0 bridgehead atoms. The van der Waals surface area contributed by atoms with Crippen LogP contribution in [0.4, 0.5) is 0 Å². The van der Waals surface area contributed by atoms with Crippen molar-refractivity contribution in [2.45, 2.75) is 45.6 Å². The second kappa shape index (κ2) is 5.54. The molecule has 0 saturated heterocycles. The molecule has 2 atom stereocenters. The summed E-state index contributed by atoms with van der Waals surface area (Å²) in [5.74, 6) is 1.47. The van der Waals surface area contributed by atoms with Gasteiger partial charge in [0.05, 0.1) is 12.7 Å². The Balaban J connectivity index is 2.07. The molecule has 2 rings (SSSR count). The summed E-state index contributed by atoms with van der Waals surface area (Å²) in [6.45, 7) is 5.11. The smallest absolute Gasteiger partial charge is 0.119 e. The zero-order valence-electron chi connectivity index (χ0n) is 10.8. The van der Waals surface area contributed by atoms with Crippen molar-refractivity contribution in [2.75, 3.05) is 6.61 Å². The number of fused-ring (bicyclic) bond motifs is 1. The van der Waals surface area contributed by atoms with Gasteiger partial charge in [-0.05, 0) is 48.4 Å². The van der Waals surface area contributed by atoms with Crippen LogP contribution < -0.4 is 4.74 Å². The lowest BCUT2D eigenvalue weighted by molar-refractivity contribution is 0.155. The van der Waals surface area contributed by atoms with Crippen LogP contribution >= 0.6 is 0 Å². The molecule has 0 amide bonds. The van der Waals surface area contributed by atoms with E-state index in [-0.39, 0.29) is 6.10 Å². The van der Waals surface area contributed by atoms with E-state index in [1.165, 1.54) is 5.56 Å². The van der Waals surface area contributed by atoms with E-state index in [2.05, 4.69) is 19.9 Å². The molecule has 17 heavy (non-hydrogen) atoms. The van der Waals surface area contributed by atoms with Crippen molar-refractivity contribution in [3.8, 4) is 5.75 Å². The van der Waals surface area contributed by atoms with Crippen LogP contribution in [0.1, 0.15) is 50.3 Å². The third kappa shape index (κ3) is 3.01. The molecule has 0 aliphatic heterocycles. The fourth-order valence-corrected chi connectivity index (χ4v) is 2.20. The maximum atomic E-state index is 9.95. The van der Waals surface area contributed by atoms with Gasteiger partial charge in [-0.2, -0.15) is 0 Å². The fraction of sp³-hybridized carbons (Fsp3) is 0.600. The lowest BCUT2D eigenvalue weighted by Crippen LogP contribution is -2.11. The Kier molecular flexibility index (Phi) is 4.06. The number of aliphatic hydroxyl groups excluding tert-OH is 1. The molecule has 0 heterocycles. The molecule has 1 aliphatic rings. The van der Waals surface area contributed by atoms with Gasteiger partial charge in [-0.1, -0.05) is 26.3 Å². The largest absolute Gasteiger partial charge is 0.493 e. The maximum Gasteiger partial charge on any atom is 0.119 e. The summed E-state index contributed by atoms with van der Waals surface area (Å²) in [5.41, 5.74) is 2.34. The summed E-state index contributed by atoms with van der Waals surface area (Å²) in [6, 6.07) is 6.14. The minimum Gasteiger partial charge on any atom is -0.493 e. The van der Waals surface area contributed by atoms with Crippen molar-refractivity contribution in [2.24, 2.45) is 5.92 Å². The Morgan fingerprint density at radius 1 is 1.47 bits per heavy atom. The minimum atomic E-state index is -0.300. The summed E-state index contributed by atoms with van der Waals surface area (Å²) in [7, 11) is 0. The van der Waals surface area contributed by atoms with Crippen LogP contribution in [-0.2, 0) is 6.42 Å². The minimum absolute atomic E-state index is 0.300. The number of aliphatic hydroxyl groups is 1. The van der Waals surface area contributed by atoms with Crippen molar-refractivity contribution >= 4 is 0 Å². The summed E-state index contributed by atoms with van der Waals surface area (Å²) < 4.78 is 5.76. The van der Waals surface area contributed by atoms with Gasteiger partial charge in [0, 0.05) is 0 Å². The van der Waals surface area contributed by atoms with Crippen molar-refractivity contribution in [1.29, 1.82) is 0 Å². The molecule has 1 N–H and O–H groups in total. The van der Waals surface area contributed by atoms with Gasteiger partial charge in [0.2, 0.25) is 0 Å². The fourth-order valence-electron chi connectivity index (χ4n) is 2.20. The van der Waals surface area contributed by atoms with Crippen LogP contribution in [-0.4, -0.2) is 11.7 Å². The Morgan fingerprint density at radius 2 is 2.29 bits per heavy atom. The highest BCUT2D eigenvalue weighted by molar-refractivity contribution is 5.38. The number of hydrogen-bond donors (Lipinski definition) is 1. The highest BCUT2D eigenvalue weighted by atomic mass is 16.5. The van der Waals surface area contributed by atoms with Crippen molar-refractivity contribution in [3.05, 3.63) is 29.3 Å². The van der Waals surface area contributed by atoms with E-state index in [1.807, 2.05) is 12.1 Å². The Hall–Kier alpha value is -1.02. The summed E-state index contributed by atoms with van der Waals surface area (Å²) in [5, 5.41) is 9.95. The van der Waals surface area contributed by atoms with E-state index in [9.17, 15) is 5.11 Å². The first kappa shape index (κ1) is 12.4. The topological polar surface area (TPSA) is 29.5 Å². The van der Waals surface area contributed by atoms with E-state index >= 15 is 0 Å². The molecule has 0 spiro atoms. The summed E-state index contributed by atoms with van der Waals surface area (Å²) in [4.78, 5) is 0. The maximum absolute atomic E-state index is 9.95. The average Bonchev–Trinajstić information content (AvgIpc) is 2.36. The first-order valence-corrected chi connectivity index (χ1v) is 6.64. The van der Waals surface area contributed by atoms with Crippen LogP contribution in [0.15, 0.2) is 18.2 Å². The van der Waals surface area contributed by atoms with E-state index in [1.54, 1.807) is 0 Å². The summed E-state index contributed by atoms with van der Waals surface area (Å²) in [6.07, 6.45) is 3.88. The second-order valence-electron chi connectivity index (χ2n) is 5.09. The molecule has 1 aromatic carbocycles. The number of rotatable bonds is 4. The predicted molar refractivity (Wildman–Crippen MR) is 69.3 cm³/mol. The molecule has 1 aromatic rings. The van der Waals surface area contributed by atoms with Crippen molar-refractivity contribution < 1.29 is 9.84 Å². The Bertz CT molecular complexity index is 373. The Labute approximate surface area is 104 Å². The van der Waals surface area contributed by atoms with E-state index in [4.69, 9.17) is 4.74 Å². The van der Waals surface area contributed by atoms with Crippen LogP contribution in [0, 0.1) is 5.92 Å². The highest BCUT2D eigenvalue weighted by Crippen LogP contribution is 2.32. The number of aryl methyl sites for hydroxylation is 1. The van der Waals surface area contributed by atoms with Crippen LogP contribution in [0.5, 0.6) is 5.75 Å². The molecule has 2 nitrogen and oxygen atoms in total. The summed E-state index contributed by atoms with van der Waals surface area (Å²) >= 11 is 0. The van der Waals surface area contributed by atoms with E-state index in [0.717, 1.165) is 43.6 Å². The molecule has 0 saturated carbocycles. The molecule has 1 aliphatic carbocycles. The average molecular weight is 234 g/mol. The lowest BCUT2D eigenvalue weighted by atomic mass is 9.89. The van der Waals surface area contributed by atoms with Gasteiger partial charge in [0.15, 0.2) is 0 Å². The molecule has 1 unspecified atom stereocenters. The van der Waals surface area contributed by atoms with Crippen molar-refractivity contribution in [1.82, 2.24) is 0 Å². The van der Waals surface area contributed by atoms with Gasteiger partial charge >= 0.3 is 0 Å². The van der Waals surface area contributed by atoms with Gasteiger partial charge in [0.1, 0.15) is 5.75 Å². The van der Waals surface area contributed by atoms with Crippen LogP contribution in [0.3, 0.4) is 0 Å². The molecular weight excluding hydrogens is 212 g/mol. The van der Waals surface area contributed by atoms with Crippen molar-refractivity contribution in [3.63, 3.8) is 0 Å². The first-order chi connectivity index (χ1) is 8.20. The zero-order chi connectivity index (χ0) is 12.3. The van der Waals surface area contributed by atoms with Gasteiger partial charge in [-0.15, -0.1) is 0 Å². The Morgan fingerprint density at radius 3 is 3.06 bits per heavy atom. The van der Waals surface area contributed by atoms with Crippen LogP contribution in [0.2, 0.25) is 0 Å². The van der Waals surface area contributed by atoms with E-state index < -0.39 is 0 Å². The number of benzene rings is 1. The predicted octanol–water partition coefficient (Wildman–Crippen LogP) is 3.48. The third-order valence-corrected chi connectivity index (χ3v) is 3.63. The van der Waals surface area contributed by atoms with Crippen LogP contribution in [0.25, 0.3) is 0 Å². The quantitative estimate of drug-likeness (QED) is 0.864. The monoisotopic (exact) mass is 234 g/mol. The molecule has 94 valence electrons. The number of ether oxygens (including phenoxy) is 1. The zero-order valence-corrected chi connectivity index (χ0v) is 10.8. The second-order valence-corrected chi connectivity index (χ2v) is 5.09. The third-order valence-electron chi connectivity index (χ3n) is 3.63. The normalized spacial score (nSPS) is 20.8. The lowest BCUT2D eigenvalue weighted by Gasteiger charge is -2.22.